The third-order valence-electron chi connectivity index (χ3n) is 3.72. The molecular weight excluding hydrogens is 278 g/mol. The molecule has 0 aliphatic carbocycles. The van der Waals surface area contributed by atoms with E-state index < -0.39 is 0 Å². The summed E-state index contributed by atoms with van der Waals surface area (Å²) in [5, 5.41) is 16.1. The van der Waals surface area contributed by atoms with Crippen LogP contribution in [0.5, 0.6) is 0 Å². The van der Waals surface area contributed by atoms with Gasteiger partial charge in [0.2, 0.25) is 5.96 Å². The van der Waals surface area contributed by atoms with Crippen molar-refractivity contribution in [3.63, 3.8) is 0 Å². The fourth-order valence-electron chi connectivity index (χ4n) is 2.26. The van der Waals surface area contributed by atoms with Crippen molar-refractivity contribution in [2.24, 2.45) is 10.1 Å². The van der Waals surface area contributed by atoms with Crippen LogP contribution in [-0.4, -0.2) is 40.7 Å². The van der Waals surface area contributed by atoms with Gasteiger partial charge in [0.1, 0.15) is 11.8 Å². The van der Waals surface area contributed by atoms with E-state index in [9.17, 15) is 0 Å². The highest BCUT2D eigenvalue weighted by Crippen LogP contribution is 2.39. The molecule has 1 aliphatic heterocycles. The summed E-state index contributed by atoms with van der Waals surface area (Å²) in [6.45, 7) is 7.83. The van der Waals surface area contributed by atoms with Crippen molar-refractivity contribution in [2.45, 2.75) is 25.4 Å². The first-order valence-electron chi connectivity index (χ1n) is 6.89. The fourth-order valence-corrected chi connectivity index (χ4v) is 2.26. The maximum atomic E-state index is 8.78. The zero-order valence-corrected chi connectivity index (χ0v) is 12.9. The van der Waals surface area contributed by atoms with E-state index in [-0.39, 0.29) is 11.6 Å². The smallest absolute Gasteiger partial charge is 0.204 e. The van der Waals surface area contributed by atoms with Crippen LogP contribution < -0.4 is 10.7 Å². The number of nitriles is 1. The second-order valence-corrected chi connectivity index (χ2v) is 5.06. The van der Waals surface area contributed by atoms with Gasteiger partial charge in [0.15, 0.2) is 0 Å². The molecule has 0 spiro atoms. The SMILES string of the molecule is C=CN=C(Nc1ccc(C#N)nc1)N1[C@H](C)C1(C)/C=N\NC. The molecule has 22 heavy (non-hydrogen) atoms. The predicted octanol–water partition coefficient (Wildman–Crippen LogP) is 1.53. The summed E-state index contributed by atoms with van der Waals surface area (Å²) in [4.78, 5) is 10.4. The van der Waals surface area contributed by atoms with Gasteiger partial charge < -0.3 is 15.6 Å². The van der Waals surface area contributed by atoms with Crippen molar-refractivity contribution in [2.75, 3.05) is 12.4 Å². The van der Waals surface area contributed by atoms with Crippen LogP contribution in [-0.2, 0) is 0 Å². The average molecular weight is 297 g/mol. The summed E-state index contributed by atoms with van der Waals surface area (Å²) in [6.07, 6.45) is 4.94. The van der Waals surface area contributed by atoms with Crippen molar-refractivity contribution < 1.29 is 0 Å². The summed E-state index contributed by atoms with van der Waals surface area (Å²) < 4.78 is 0. The Bertz CT molecular complexity index is 641. The van der Waals surface area contributed by atoms with Gasteiger partial charge in [-0.05, 0) is 26.0 Å². The molecule has 0 amide bonds. The average Bonchev–Trinajstić information content (AvgIpc) is 3.07. The Morgan fingerprint density at radius 1 is 1.59 bits per heavy atom. The highest BCUT2D eigenvalue weighted by atomic mass is 15.5. The van der Waals surface area contributed by atoms with E-state index in [1.807, 2.05) is 12.3 Å². The van der Waals surface area contributed by atoms with E-state index in [0.717, 1.165) is 5.69 Å². The fraction of sp³-hybridized carbons (Fsp3) is 0.333. The second-order valence-electron chi connectivity index (χ2n) is 5.06. The van der Waals surface area contributed by atoms with Gasteiger partial charge in [0, 0.05) is 13.2 Å². The lowest BCUT2D eigenvalue weighted by Crippen LogP contribution is -2.28. The maximum absolute atomic E-state index is 8.78. The number of hydrogen-bond acceptors (Lipinski definition) is 5. The number of pyridine rings is 1. The molecule has 1 aliphatic rings. The highest BCUT2D eigenvalue weighted by molar-refractivity contribution is 6.00. The summed E-state index contributed by atoms with van der Waals surface area (Å²) in [6, 6.07) is 5.69. The summed E-state index contributed by atoms with van der Waals surface area (Å²) in [5.74, 6) is 0.666. The largest absolute Gasteiger partial charge is 0.324 e. The topological polar surface area (TPSA) is 88.5 Å². The summed E-state index contributed by atoms with van der Waals surface area (Å²) in [7, 11) is 1.76. The number of nitrogens with zero attached hydrogens (tertiary/aromatic N) is 5. The summed E-state index contributed by atoms with van der Waals surface area (Å²) >= 11 is 0. The lowest BCUT2D eigenvalue weighted by atomic mass is 10.1. The molecule has 0 radical (unpaired) electrons. The number of guanidine groups is 1. The third-order valence-corrected chi connectivity index (χ3v) is 3.72. The normalized spacial score (nSPS) is 24.0. The minimum absolute atomic E-state index is 0.210. The van der Waals surface area contributed by atoms with Crippen LogP contribution in [0.3, 0.4) is 0 Å². The predicted molar refractivity (Wildman–Crippen MR) is 87.5 cm³/mol. The Morgan fingerprint density at radius 3 is 2.91 bits per heavy atom. The quantitative estimate of drug-likeness (QED) is 0.381. The van der Waals surface area contributed by atoms with Crippen LogP contribution in [0.15, 0.2) is 41.2 Å². The van der Waals surface area contributed by atoms with Crippen LogP contribution in [0.2, 0.25) is 0 Å². The van der Waals surface area contributed by atoms with Crippen LogP contribution >= 0.6 is 0 Å². The van der Waals surface area contributed by atoms with Gasteiger partial charge in [-0.3, -0.25) is 0 Å². The number of anilines is 1. The van der Waals surface area contributed by atoms with Crippen LogP contribution in [0.1, 0.15) is 19.5 Å². The molecule has 2 N–H and O–H groups in total. The van der Waals surface area contributed by atoms with Crippen molar-refractivity contribution in [1.82, 2.24) is 15.3 Å². The standard InChI is InChI=1S/C15H19N7/c1-5-18-14(21-13-7-6-12(8-16)19-9-13)22-11(2)15(22,3)10-20-17-4/h5-7,9-11,17H,1H2,2-4H3,(H,18,21)/b20-10-/t11-,15?,22?/m1/s1. The van der Waals surface area contributed by atoms with E-state index in [1.54, 1.807) is 25.4 Å². The lowest BCUT2D eigenvalue weighted by molar-refractivity contribution is 0.684. The molecule has 2 heterocycles. The molecule has 0 saturated carbocycles. The van der Waals surface area contributed by atoms with Crippen molar-refractivity contribution in [1.29, 1.82) is 5.26 Å². The Morgan fingerprint density at radius 2 is 2.36 bits per heavy atom. The van der Waals surface area contributed by atoms with Gasteiger partial charge in [-0.25, -0.2) is 9.98 Å². The second kappa shape index (κ2) is 6.26. The first-order chi connectivity index (χ1) is 10.6. The molecule has 114 valence electrons. The number of aromatic nitrogens is 1. The molecular formula is C15H19N7. The monoisotopic (exact) mass is 297 g/mol. The van der Waals surface area contributed by atoms with Gasteiger partial charge in [0.25, 0.3) is 0 Å². The lowest BCUT2D eigenvalue weighted by Gasteiger charge is -2.14. The number of aliphatic imine (C=N–C) groups is 1. The van der Waals surface area contributed by atoms with E-state index in [1.165, 1.54) is 6.20 Å². The first-order valence-corrected chi connectivity index (χ1v) is 6.89. The number of hydrazone groups is 1. The van der Waals surface area contributed by atoms with E-state index in [4.69, 9.17) is 5.26 Å². The number of rotatable bonds is 4. The summed E-state index contributed by atoms with van der Waals surface area (Å²) in [5.41, 5.74) is 3.68. The zero-order valence-electron chi connectivity index (χ0n) is 12.9. The van der Waals surface area contributed by atoms with Crippen molar-refractivity contribution >= 4 is 17.9 Å². The van der Waals surface area contributed by atoms with E-state index in [2.05, 4.69) is 51.1 Å². The number of hydrogen-bond donors (Lipinski definition) is 2. The van der Waals surface area contributed by atoms with Crippen LogP contribution in [0.25, 0.3) is 0 Å². The zero-order chi connectivity index (χ0) is 16.2. The van der Waals surface area contributed by atoms with Crippen LogP contribution in [0, 0.1) is 11.3 Å². The molecule has 1 aromatic heterocycles. The van der Waals surface area contributed by atoms with Gasteiger partial charge in [-0.2, -0.15) is 10.4 Å². The highest BCUT2D eigenvalue weighted by Gasteiger charge is 2.57. The molecule has 7 heteroatoms. The maximum Gasteiger partial charge on any atom is 0.204 e. The molecule has 7 nitrogen and oxygen atoms in total. The van der Waals surface area contributed by atoms with E-state index >= 15 is 0 Å². The molecule has 0 aromatic carbocycles. The molecule has 1 aromatic rings. The number of nitrogens with one attached hydrogen (secondary N) is 2. The molecule has 2 atom stereocenters. The molecule has 1 saturated heterocycles. The van der Waals surface area contributed by atoms with Gasteiger partial charge >= 0.3 is 0 Å². The first kappa shape index (κ1) is 15.5. The van der Waals surface area contributed by atoms with Crippen molar-refractivity contribution in [3.05, 3.63) is 36.8 Å². The Hall–Kier alpha value is -2.88. The molecule has 0 bridgehead atoms. The Kier molecular flexibility index (Phi) is 4.41. The van der Waals surface area contributed by atoms with Gasteiger partial charge in [-0.15, -0.1) is 0 Å². The van der Waals surface area contributed by atoms with Gasteiger partial charge in [-0.1, -0.05) is 6.58 Å². The molecule has 1 unspecified atom stereocenters. The molecule has 2 rings (SSSR count). The van der Waals surface area contributed by atoms with Crippen LogP contribution in [0.4, 0.5) is 5.69 Å². The minimum atomic E-state index is -0.210. The third kappa shape index (κ3) is 2.91. The minimum Gasteiger partial charge on any atom is -0.324 e. The van der Waals surface area contributed by atoms with E-state index in [0.29, 0.717) is 11.7 Å². The molecule has 1 fully saturated rings. The Balaban J connectivity index is 2.18. The van der Waals surface area contributed by atoms with Gasteiger partial charge in [0.05, 0.1) is 29.7 Å². The van der Waals surface area contributed by atoms with Crippen molar-refractivity contribution in [3.8, 4) is 6.07 Å². The Labute approximate surface area is 130 Å².